The summed E-state index contributed by atoms with van der Waals surface area (Å²) in [7, 11) is 0. The van der Waals surface area contributed by atoms with E-state index in [0.717, 1.165) is 0 Å². The maximum atomic E-state index is 16.2. The van der Waals surface area contributed by atoms with E-state index in [4.69, 9.17) is 35.3 Å². The maximum absolute atomic E-state index is 16.2. The molecular weight excluding hydrogens is 664 g/mol. The van der Waals surface area contributed by atoms with Crippen molar-refractivity contribution in [2.45, 2.75) is 26.4 Å². The van der Waals surface area contributed by atoms with E-state index in [9.17, 15) is 9.59 Å². The first-order valence-electron chi connectivity index (χ1n) is 15.9. The molecular formula is C34H42ClF2N5O7. The van der Waals surface area contributed by atoms with E-state index in [-0.39, 0.29) is 53.1 Å². The topological polar surface area (TPSA) is 125 Å². The molecule has 0 atom stereocenters. The van der Waals surface area contributed by atoms with Gasteiger partial charge in [0, 0.05) is 43.7 Å². The van der Waals surface area contributed by atoms with Crippen molar-refractivity contribution in [3.8, 4) is 16.9 Å². The Labute approximate surface area is 289 Å². The van der Waals surface area contributed by atoms with E-state index in [2.05, 4.69) is 21.9 Å². The van der Waals surface area contributed by atoms with Crippen molar-refractivity contribution in [3.63, 3.8) is 0 Å². The molecule has 0 unspecified atom stereocenters. The Morgan fingerprint density at radius 2 is 1.61 bits per heavy atom. The Morgan fingerprint density at radius 1 is 0.959 bits per heavy atom. The van der Waals surface area contributed by atoms with E-state index in [1.165, 1.54) is 36.7 Å². The minimum absolute atomic E-state index is 0.0191. The van der Waals surface area contributed by atoms with Crippen LogP contribution in [0.3, 0.4) is 0 Å². The molecule has 0 bridgehead atoms. The van der Waals surface area contributed by atoms with E-state index < -0.39 is 23.3 Å². The number of rotatable bonds is 16. The second-order valence-electron chi connectivity index (χ2n) is 11.9. The number of anilines is 1. The molecule has 266 valence electrons. The van der Waals surface area contributed by atoms with Crippen LogP contribution in [0, 0.1) is 11.6 Å². The van der Waals surface area contributed by atoms with Crippen LogP contribution in [0.15, 0.2) is 43.2 Å². The molecule has 0 radical (unpaired) electrons. The van der Waals surface area contributed by atoms with Gasteiger partial charge in [-0.3, -0.25) is 4.79 Å². The third-order valence-electron chi connectivity index (χ3n) is 7.23. The summed E-state index contributed by atoms with van der Waals surface area (Å²) in [4.78, 5) is 35.7. The lowest BCUT2D eigenvalue weighted by molar-refractivity contribution is -0.126. The van der Waals surface area contributed by atoms with Gasteiger partial charge in [0.15, 0.2) is 5.82 Å². The van der Waals surface area contributed by atoms with E-state index in [1.807, 2.05) is 4.90 Å². The number of hydrogen-bond donors (Lipinski definition) is 1. The van der Waals surface area contributed by atoms with Crippen LogP contribution in [0.2, 0.25) is 5.02 Å². The van der Waals surface area contributed by atoms with Gasteiger partial charge in [0.05, 0.1) is 50.2 Å². The number of fused-ring (bicyclic) bond motifs is 1. The number of nitrogens with one attached hydrogen (secondary N) is 1. The standard InChI is InChI=1S/C34H42ClF2N5O7/c1-5-27(43)41-10-12-42(13-11-41)32-23-21-24(35)28(30(37)31(23)39-22-40-32)29-25(36)7-6-8-26(29)48-20-19-47-18-17-46-16-15-45-14-9-38-33(44)49-34(2,3)4/h5-8,21-22H,1,9-20H2,2-4H3,(H,38,44). The molecule has 1 saturated heterocycles. The lowest BCUT2D eigenvalue weighted by atomic mass is 10.0. The Balaban J connectivity index is 1.26. The summed E-state index contributed by atoms with van der Waals surface area (Å²) in [6.45, 7) is 12.9. The molecule has 1 aliphatic heterocycles. The van der Waals surface area contributed by atoms with Crippen LogP contribution in [0.1, 0.15) is 20.8 Å². The van der Waals surface area contributed by atoms with E-state index in [0.29, 0.717) is 70.4 Å². The van der Waals surface area contributed by atoms with E-state index >= 15 is 8.78 Å². The van der Waals surface area contributed by atoms with Gasteiger partial charge in [0.1, 0.15) is 41.4 Å². The average Bonchev–Trinajstić information content (AvgIpc) is 3.06. The van der Waals surface area contributed by atoms with Crippen LogP contribution in [0.4, 0.5) is 19.4 Å². The Morgan fingerprint density at radius 3 is 2.27 bits per heavy atom. The van der Waals surface area contributed by atoms with Crippen LogP contribution in [0.25, 0.3) is 22.0 Å². The first-order valence-corrected chi connectivity index (χ1v) is 16.3. The highest BCUT2D eigenvalue weighted by molar-refractivity contribution is 6.34. The molecule has 1 aromatic heterocycles. The maximum Gasteiger partial charge on any atom is 0.407 e. The summed E-state index contributed by atoms with van der Waals surface area (Å²) in [6.07, 6.45) is 2.02. The third-order valence-corrected chi connectivity index (χ3v) is 7.53. The molecule has 12 nitrogen and oxygen atoms in total. The highest BCUT2D eigenvalue weighted by atomic mass is 35.5. The molecule has 0 saturated carbocycles. The second-order valence-corrected chi connectivity index (χ2v) is 12.3. The summed E-state index contributed by atoms with van der Waals surface area (Å²) < 4.78 is 58.8. The van der Waals surface area contributed by atoms with Gasteiger partial charge in [0.2, 0.25) is 5.91 Å². The van der Waals surface area contributed by atoms with Crippen molar-refractivity contribution in [1.29, 1.82) is 0 Å². The first-order chi connectivity index (χ1) is 23.5. The molecule has 4 rings (SSSR count). The van der Waals surface area contributed by atoms with Crippen molar-refractivity contribution >= 4 is 40.3 Å². The molecule has 2 heterocycles. The molecule has 2 aromatic carbocycles. The fraction of sp³-hybridized carbons (Fsp3) is 0.471. The number of ether oxygens (including phenoxy) is 5. The Bertz CT molecular complexity index is 1600. The zero-order valence-corrected chi connectivity index (χ0v) is 28.7. The largest absolute Gasteiger partial charge is 0.490 e. The van der Waals surface area contributed by atoms with Crippen LogP contribution in [-0.4, -0.2) is 111 Å². The number of hydrogen-bond acceptors (Lipinski definition) is 10. The van der Waals surface area contributed by atoms with E-state index in [1.54, 1.807) is 25.7 Å². The van der Waals surface area contributed by atoms with Crippen LogP contribution >= 0.6 is 11.6 Å². The van der Waals surface area contributed by atoms with Crippen LogP contribution in [0.5, 0.6) is 5.75 Å². The zero-order valence-electron chi connectivity index (χ0n) is 27.9. The molecule has 49 heavy (non-hydrogen) atoms. The molecule has 1 N–H and O–H groups in total. The van der Waals surface area contributed by atoms with Gasteiger partial charge >= 0.3 is 6.09 Å². The average molecular weight is 706 g/mol. The lowest BCUT2D eigenvalue weighted by Gasteiger charge is -2.35. The fourth-order valence-electron chi connectivity index (χ4n) is 5.02. The SMILES string of the molecule is C=CC(=O)N1CCN(c2ncnc3c(F)c(-c4c(F)cccc4OCCOCCOCCOCCNC(=O)OC(C)(C)C)c(Cl)cc23)CC1. The highest BCUT2D eigenvalue weighted by Gasteiger charge is 2.26. The normalized spacial score (nSPS) is 13.4. The van der Waals surface area contributed by atoms with Crippen molar-refractivity contribution in [3.05, 3.63) is 59.9 Å². The molecule has 15 heteroatoms. The smallest absolute Gasteiger partial charge is 0.407 e. The molecule has 2 amide bonds. The van der Waals surface area contributed by atoms with Gasteiger partial charge in [-0.1, -0.05) is 24.2 Å². The minimum atomic E-state index is -0.807. The molecule has 0 aliphatic carbocycles. The summed E-state index contributed by atoms with van der Waals surface area (Å²) in [6, 6.07) is 5.71. The number of carbonyl (C=O) groups excluding carboxylic acids is 2. The molecule has 0 spiro atoms. The lowest BCUT2D eigenvalue weighted by Crippen LogP contribution is -2.48. The van der Waals surface area contributed by atoms with Gasteiger partial charge in [-0.25, -0.2) is 23.5 Å². The molecule has 1 aliphatic rings. The summed E-state index contributed by atoms with van der Waals surface area (Å²) in [5.41, 5.74) is -0.884. The van der Waals surface area contributed by atoms with Crippen LogP contribution < -0.4 is 15.0 Å². The highest BCUT2D eigenvalue weighted by Crippen LogP contribution is 2.42. The number of amides is 2. The Kier molecular flexibility index (Phi) is 13.9. The van der Waals surface area contributed by atoms with Gasteiger partial charge in [-0.05, 0) is 45.0 Å². The van der Waals surface area contributed by atoms with Gasteiger partial charge in [0.25, 0.3) is 0 Å². The number of halogens is 3. The summed E-state index contributed by atoms with van der Waals surface area (Å²) in [5.74, 6) is -1.12. The number of alkyl carbamates (subject to hydrolysis) is 1. The molecule has 3 aromatic rings. The van der Waals surface area contributed by atoms with Crippen molar-refractivity contribution in [2.24, 2.45) is 0 Å². The van der Waals surface area contributed by atoms with Gasteiger partial charge in [-0.15, -0.1) is 0 Å². The number of carbonyl (C=O) groups is 2. The first kappa shape index (κ1) is 37.7. The molecule has 1 fully saturated rings. The number of piperazine rings is 1. The summed E-state index contributed by atoms with van der Waals surface area (Å²) >= 11 is 6.62. The zero-order chi connectivity index (χ0) is 35.4. The summed E-state index contributed by atoms with van der Waals surface area (Å²) in [5, 5.41) is 2.94. The monoisotopic (exact) mass is 705 g/mol. The minimum Gasteiger partial charge on any atom is -0.490 e. The number of aromatic nitrogens is 2. The van der Waals surface area contributed by atoms with Gasteiger partial charge in [-0.2, -0.15) is 0 Å². The van der Waals surface area contributed by atoms with Crippen LogP contribution in [-0.2, 0) is 23.7 Å². The predicted octanol–water partition coefficient (Wildman–Crippen LogP) is 5.02. The second kappa shape index (κ2) is 18.0. The number of nitrogens with zero attached hydrogens (tertiary/aromatic N) is 4. The van der Waals surface area contributed by atoms with Crippen molar-refractivity contribution in [2.75, 3.05) is 83.9 Å². The van der Waals surface area contributed by atoms with Crippen molar-refractivity contribution < 1.29 is 42.1 Å². The fourth-order valence-corrected chi connectivity index (χ4v) is 5.31. The van der Waals surface area contributed by atoms with Gasteiger partial charge < -0.3 is 38.8 Å². The quantitative estimate of drug-likeness (QED) is 0.161. The third kappa shape index (κ3) is 10.7. The van der Waals surface area contributed by atoms with Crippen molar-refractivity contribution in [1.82, 2.24) is 20.2 Å². The Hall–Kier alpha value is -4.11. The predicted molar refractivity (Wildman–Crippen MR) is 181 cm³/mol. The number of benzene rings is 2.